The zero-order valence-corrected chi connectivity index (χ0v) is 17.5. The molecule has 0 saturated carbocycles. The molecule has 1 amide bonds. The highest BCUT2D eigenvalue weighted by Crippen LogP contribution is 2.46. The standard InChI is InChI=1S/C21H26N2O7/c1-14(15-9-6-5-7-10-15)30-12-8-11-22-21(24)16-13-17(27-2)19(28-3)20(29-4)18(16)23(25)26/h5-7,9-10,13-14H,8,11-12H2,1-4H3,(H,22,24). The summed E-state index contributed by atoms with van der Waals surface area (Å²) in [5, 5.41) is 14.3. The number of nitrogens with zero attached hydrogens (tertiary/aromatic N) is 1. The number of nitrogens with one attached hydrogen (secondary N) is 1. The van der Waals surface area contributed by atoms with Gasteiger partial charge in [0.05, 0.1) is 32.4 Å². The van der Waals surface area contributed by atoms with Crippen LogP contribution < -0.4 is 19.5 Å². The molecule has 30 heavy (non-hydrogen) atoms. The minimum Gasteiger partial charge on any atom is -0.493 e. The molecule has 1 N–H and O–H groups in total. The summed E-state index contributed by atoms with van der Waals surface area (Å²) in [5.74, 6) is -0.583. The fourth-order valence-electron chi connectivity index (χ4n) is 2.95. The van der Waals surface area contributed by atoms with Crippen molar-refractivity contribution in [3.8, 4) is 17.2 Å². The molecule has 0 spiro atoms. The van der Waals surface area contributed by atoms with Gasteiger partial charge < -0.3 is 24.3 Å². The smallest absolute Gasteiger partial charge is 0.327 e. The van der Waals surface area contributed by atoms with Crippen LogP contribution in [0.4, 0.5) is 5.69 Å². The first-order valence-corrected chi connectivity index (χ1v) is 9.36. The largest absolute Gasteiger partial charge is 0.493 e. The van der Waals surface area contributed by atoms with Crippen LogP contribution in [-0.4, -0.2) is 45.3 Å². The summed E-state index contributed by atoms with van der Waals surface area (Å²) < 4.78 is 21.2. The number of carbonyl (C=O) groups is 1. The lowest BCUT2D eigenvalue weighted by atomic mass is 10.1. The fourth-order valence-corrected chi connectivity index (χ4v) is 2.95. The van der Waals surface area contributed by atoms with Gasteiger partial charge in [0.15, 0.2) is 5.75 Å². The van der Waals surface area contributed by atoms with E-state index in [1.165, 1.54) is 27.4 Å². The van der Waals surface area contributed by atoms with Crippen molar-refractivity contribution in [1.29, 1.82) is 0 Å². The fraction of sp³-hybridized carbons (Fsp3) is 0.381. The highest BCUT2D eigenvalue weighted by atomic mass is 16.6. The summed E-state index contributed by atoms with van der Waals surface area (Å²) in [6.45, 7) is 2.66. The number of ether oxygens (including phenoxy) is 4. The molecular formula is C21H26N2O7. The summed E-state index contributed by atoms with van der Waals surface area (Å²) in [6.07, 6.45) is 0.472. The average molecular weight is 418 g/mol. The average Bonchev–Trinajstić information content (AvgIpc) is 2.77. The number of carbonyl (C=O) groups excluding carboxylic acids is 1. The van der Waals surface area contributed by atoms with Crippen molar-refractivity contribution in [1.82, 2.24) is 5.32 Å². The van der Waals surface area contributed by atoms with Crippen LogP contribution in [-0.2, 0) is 4.74 Å². The van der Waals surface area contributed by atoms with Gasteiger partial charge in [0.1, 0.15) is 5.56 Å². The van der Waals surface area contributed by atoms with Crippen molar-refractivity contribution in [3.05, 3.63) is 57.6 Å². The second kappa shape index (κ2) is 11.0. The van der Waals surface area contributed by atoms with Gasteiger partial charge in [-0.3, -0.25) is 14.9 Å². The summed E-state index contributed by atoms with van der Waals surface area (Å²) in [7, 11) is 3.97. The van der Waals surface area contributed by atoms with Gasteiger partial charge in [-0.2, -0.15) is 0 Å². The third kappa shape index (κ3) is 5.38. The van der Waals surface area contributed by atoms with Crippen LogP contribution >= 0.6 is 0 Å². The third-order valence-electron chi connectivity index (χ3n) is 4.47. The van der Waals surface area contributed by atoms with E-state index in [0.717, 1.165) is 5.56 Å². The molecule has 2 rings (SSSR count). The molecule has 0 saturated heterocycles. The Balaban J connectivity index is 2.03. The Morgan fingerprint density at radius 3 is 2.33 bits per heavy atom. The summed E-state index contributed by atoms with van der Waals surface area (Å²) in [4.78, 5) is 23.5. The zero-order chi connectivity index (χ0) is 22.1. The van der Waals surface area contributed by atoms with Crippen molar-refractivity contribution in [2.24, 2.45) is 0 Å². The monoisotopic (exact) mass is 418 g/mol. The number of amides is 1. The van der Waals surface area contributed by atoms with E-state index in [9.17, 15) is 14.9 Å². The van der Waals surface area contributed by atoms with E-state index in [-0.39, 0.29) is 35.5 Å². The number of methoxy groups -OCH3 is 3. The summed E-state index contributed by atoms with van der Waals surface area (Å²) >= 11 is 0. The highest BCUT2D eigenvalue weighted by molar-refractivity contribution is 6.00. The third-order valence-corrected chi connectivity index (χ3v) is 4.47. The summed E-state index contributed by atoms with van der Waals surface area (Å²) in [6, 6.07) is 11.1. The molecule has 0 bridgehead atoms. The first kappa shape index (κ1) is 23.0. The Morgan fingerprint density at radius 1 is 1.10 bits per heavy atom. The normalized spacial score (nSPS) is 11.5. The summed E-state index contributed by atoms with van der Waals surface area (Å²) in [5.41, 5.74) is 0.407. The number of nitro groups is 1. The SMILES string of the molecule is COc1cc(C(=O)NCCCOC(C)c2ccccc2)c([N+](=O)[O-])c(OC)c1OC. The minimum absolute atomic E-state index is 0.0477. The Bertz CT molecular complexity index is 871. The Kier molecular flexibility index (Phi) is 8.42. The lowest BCUT2D eigenvalue weighted by Crippen LogP contribution is -2.26. The molecule has 2 aromatic carbocycles. The van der Waals surface area contributed by atoms with E-state index in [0.29, 0.717) is 13.0 Å². The molecule has 2 aromatic rings. The lowest BCUT2D eigenvalue weighted by molar-refractivity contribution is -0.386. The molecule has 0 aliphatic rings. The first-order chi connectivity index (χ1) is 14.4. The molecule has 0 aliphatic carbocycles. The van der Waals surface area contributed by atoms with Gasteiger partial charge in [-0.1, -0.05) is 30.3 Å². The van der Waals surface area contributed by atoms with Crippen molar-refractivity contribution in [2.75, 3.05) is 34.5 Å². The Hall–Kier alpha value is -3.33. The lowest BCUT2D eigenvalue weighted by Gasteiger charge is -2.15. The molecule has 1 unspecified atom stereocenters. The molecule has 0 heterocycles. The topological polar surface area (TPSA) is 109 Å². The van der Waals surface area contributed by atoms with Crippen LogP contribution in [0.5, 0.6) is 17.2 Å². The minimum atomic E-state index is -0.680. The van der Waals surface area contributed by atoms with Gasteiger partial charge in [-0.25, -0.2) is 0 Å². The predicted molar refractivity (Wildman–Crippen MR) is 111 cm³/mol. The van der Waals surface area contributed by atoms with Crippen molar-refractivity contribution in [2.45, 2.75) is 19.4 Å². The highest BCUT2D eigenvalue weighted by Gasteiger charge is 2.32. The molecule has 0 radical (unpaired) electrons. The van der Waals surface area contributed by atoms with E-state index in [4.69, 9.17) is 18.9 Å². The maximum atomic E-state index is 12.6. The van der Waals surface area contributed by atoms with Gasteiger partial charge in [-0.15, -0.1) is 0 Å². The molecule has 162 valence electrons. The molecule has 0 fully saturated rings. The maximum absolute atomic E-state index is 12.6. The second-order valence-corrected chi connectivity index (χ2v) is 6.33. The number of benzene rings is 2. The molecule has 0 aromatic heterocycles. The van der Waals surface area contributed by atoms with E-state index in [2.05, 4.69) is 5.32 Å². The van der Waals surface area contributed by atoms with Crippen LogP contribution in [0, 0.1) is 10.1 Å². The van der Waals surface area contributed by atoms with Crippen LogP contribution in [0.3, 0.4) is 0 Å². The van der Waals surface area contributed by atoms with Crippen LogP contribution in [0.1, 0.15) is 35.4 Å². The number of hydrogen-bond acceptors (Lipinski definition) is 7. The second-order valence-electron chi connectivity index (χ2n) is 6.33. The molecule has 0 aliphatic heterocycles. The number of nitro benzene ring substituents is 1. The first-order valence-electron chi connectivity index (χ1n) is 9.36. The van der Waals surface area contributed by atoms with Crippen molar-refractivity contribution >= 4 is 11.6 Å². The van der Waals surface area contributed by atoms with E-state index in [1.807, 2.05) is 37.3 Å². The van der Waals surface area contributed by atoms with Crippen LogP contribution in [0.25, 0.3) is 0 Å². The number of rotatable bonds is 11. The maximum Gasteiger partial charge on any atom is 0.327 e. The van der Waals surface area contributed by atoms with E-state index >= 15 is 0 Å². The molecule has 9 nitrogen and oxygen atoms in total. The van der Waals surface area contributed by atoms with Gasteiger partial charge in [0.25, 0.3) is 5.91 Å². The Morgan fingerprint density at radius 2 is 1.77 bits per heavy atom. The molecular weight excluding hydrogens is 392 g/mol. The Labute approximate surface area is 175 Å². The quantitative estimate of drug-likeness (QED) is 0.338. The zero-order valence-electron chi connectivity index (χ0n) is 17.5. The van der Waals surface area contributed by atoms with E-state index < -0.39 is 16.5 Å². The van der Waals surface area contributed by atoms with Crippen LogP contribution in [0.2, 0.25) is 0 Å². The predicted octanol–water partition coefficient (Wildman–Crippen LogP) is 3.52. The van der Waals surface area contributed by atoms with Crippen molar-refractivity contribution in [3.63, 3.8) is 0 Å². The molecule has 1 atom stereocenters. The molecule has 9 heteroatoms. The van der Waals surface area contributed by atoms with Gasteiger partial charge >= 0.3 is 5.69 Å². The number of hydrogen-bond donors (Lipinski definition) is 1. The van der Waals surface area contributed by atoms with Crippen LogP contribution in [0.15, 0.2) is 36.4 Å². The van der Waals surface area contributed by atoms with Gasteiger partial charge in [-0.05, 0) is 18.9 Å². The van der Waals surface area contributed by atoms with E-state index in [1.54, 1.807) is 0 Å². The van der Waals surface area contributed by atoms with Crippen molar-refractivity contribution < 1.29 is 28.7 Å². The van der Waals surface area contributed by atoms with Gasteiger partial charge in [0.2, 0.25) is 11.5 Å². The van der Waals surface area contributed by atoms with Gasteiger partial charge in [0, 0.05) is 19.2 Å².